The highest BCUT2D eigenvalue weighted by molar-refractivity contribution is 5.99. The van der Waals surface area contributed by atoms with E-state index in [1.54, 1.807) is 6.07 Å². The Hall–Kier alpha value is -2.09. The minimum absolute atomic E-state index is 0.315. The maximum Gasteiger partial charge on any atom is 0.336 e. The van der Waals surface area contributed by atoms with Crippen molar-refractivity contribution < 1.29 is 4.42 Å². The summed E-state index contributed by atoms with van der Waals surface area (Å²) in [5, 5.41) is 0. The number of fused-ring (bicyclic) bond motifs is 3. The molecule has 0 radical (unpaired) electrons. The van der Waals surface area contributed by atoms with Crippen molar-refractivity contribution in [2.24, 2.45) is 0 Å². The predicted molar refractivity (Wildman–Crippen MR) is 68.0 cm³/mol. The molecule has 0 amide bonds. The lowest BCUT2D eigenvalue weighted by Gasteiger charge is -2.06. The molecule has 2 nitrogen and oxygen atoms in total. The van der Waals surface area contributed by atoms with Crippen molar-refractivity contribution in [3.05, 3.63) is 63.5 Å². The Balaban J connectivity index is 2.47. The second-order valence-corrected chi connectivity index (χ2v) is 4.41. The highest BCUT2D eigenvalue weighted by Gasteiger charge is 2.26. The minimum Gasteiger partial charge on any atom is -0.422 e. The molecule has 0 N–H and O–H groups in total. The molecule has 3 rings (SSSR count). The molecule has 0 atom stereocenters. The molecule has 2 heteroatoms. The monoisotopic (exact) mass is 224 g/mol. The van der Waals surface area contributed by atoms with Gasteiger partial charge in [-0.05, 0) is 42.2 Å². The Morgan fingerprint density at radius 2 is 1.76 bits per heavy atom. The second-order valence-electron chi connectivity index (χ2n) is 4.41. The Kier molecular flexibility index (Phi) is 1.90. The summed E-state index contributed by atoms with van der Waals surface area (Å²) in [5.74, 6) is 0.665. The van der Waals surface area contributed by atoms with Crippen LogP contribution >= 0.6 is 0 Å². The first kappa shape index (κ1) is 10.1. The Morgan fingerprint density at radius 1 is 1.06 bits per heavy atom. The van der Waals surface area contributed by atoms with Crippen molar-refractivity contribution in [2.75, 3.05) is 0 Å². The first-order valence-corrected chi connectivity index (χ1v) is 5.54. The zero-order chi connectivity index (χ0) is 12.2. The van der Waals surface area contributed by atoms with Gasteiger partial charge in [0.05, 0.1) is 0 Å². The van der Waals surface area contributed by atoms with Crippen LogP contribution in [-0.2, 0) is 0 Å². The molecule has 2 aromatic rings. The highest BCUT2D eigenvalue weighted by Crippen LogP contribution is 2.44. The van der Waals surface area contributed by atoms with E-state index in [9.17, 15) is 4.79 Å². The van der Waals surface area contributed by atoms with Crippen molar-refractivity contribution in [2.45, 2.75) is 13.8 Å². The lowest BCUT2D eigenvalue weighted by molar-refractivity contribution is 0.525. The number of hydrogen-bond acceptors (Lipinski definition) is 2. The van der Waals surface area contributed by atoms with Crippen molar-refractivity contribution in [3.63, 3.8) is 0 Å². The van der Waals surface area contributed by atoms with E-state index in [0.29, 0.717) is 5.76 Å². The van der Waals surface area contributed by atoms with Gasteiger partial charge in [-0.1, -0.05) is 18.7 Å². The van der Waals surface area contributed by atoms with Gasteiger partial charge in [0.15, 0.2) is 0 Å². The molecule has 1 aromatic carbocycles. The Morgan fingerprint density at radius 3 is 2.53 bits per heavy atom. The largest absolute Gasteiger partial charge is 0.422 e. The second kappa shape index (κ2) is 3.20. The van der Waals surface area contributed by atoms with Gasteiger partial charge in [-0.25, -0.2) is 4.79 Å². The van der Waals surface area contributed by atoms with E-state index in [1.165, 1.54) is 11.6 Å². The lowest BCUT2D eigenvalue weighted by Crippen LogP contribution is -1.97. The third-order valence-corrected chi connectivity index (χ3v) is 3.45. The number of rotatable bonds is 0. The van der Waals surface area contributed by atoms with Gasteiger partial charge in [0.25, 0.3) is 0 Å². The van der Waals surface area contributed by atoms with Crippen molar-refractivity contribution in [3.8, 4) is 11.3 Å². The van der Waals surface area contributed by atoms with Crippen LogP contribution in [0.1, 0.15) is 22.3 Å². The van der Waals surface area contributed by atoms with Crippen molar-refractivity contribution in [1.29, 1.82) is 0 Å². The zero-order valence-electron chi connectivity index (χ0n) is 9.83. The number of benzene rings is 1. The summed E-state index contributed by atoms with van der Waals surface area (Å²) in [5.41, 5.74) is 5.97. The van der Waals surface area contributed by atoms with Gasteiger partial charge in [-0.2, -0.15) is 0 Å². The molecule has 1 aliphatic rings. The maximum absolute atomic E-state index is 11.3. The molecule has 1 aliphatic carbocycles. The highest BCUT2D eigenvalue weighted by atomic mass is 16.4. The fourth-order valence-corrected chi connectivity index (χ4v) is 2.35. The van der Waals surface area contributed by atoms with Crippen LogP contribution in [-0.4, -0.2) is 0 Å². The molecule has 1 heterocycles. The van der Waals surface area contributed by atoms with Crippen molar-refractivity contribution in [1.82, 2.24) is 0 Å². The fourth-order valence-electron chi connectivity index (χ4n) is 2.35. The molecule has 0 fully saturated rings. The smallest absolute Gasteiger partial charge is 0.336 e. The first-order valence-electron chi connectivity index (χ1n) is 5.54. The van der Waals surface area contributed by atoms with Crippen LogP contribution in [0.3, 0.4) is 0 Å². The number of hydrogen-bond donors (Lipinski definition) is 0. The van der Waals surface area contributed by atoms with Crippen LogP contribution in [0.2, 0.25) is 0 Å². The number of aryl methyl sites for hydroxylation is 1. The van der Waals surface area contributed by atoms with Crippen LogP contribution < -0.4 is 5.63 Å². The summed E-state index contributed by atoms with van der Waals surface area (Å²) in [4.78, 5) is 11.3. The average molecular weight is 224 g/mol. The lowest BCUT2D eigenvalue weighted by atomic mass is 9.98. The van der Waals surface area contributed by atoms with Crippen LogP contribution in [0, 0.1) is 13.8 Å². The van der Waals surface area contributed by atoms with E-state index < -0.39 is 0 Å². The van der Waals surface area contributed by atoms with Gasteiger partial charge in [0.2, 0.25) is 0 Å². The summed E-state index contributed by atoms with van der Waals surface area (Å²) in [7, 11) is 0. The van der Waals surface area contributed by atoms with Gasteiger partial charge < -0.3 is 4.42 Å². The Bertz CT molecular complexity index is 705. The molecular formula is C15H12O2. The van der Waals surface area contributed by atoms with E-state index in [4.69, 9.17) is 4.42 Å². The topological polar surface area (TPSA) is 30.2 Å². The van der Waals surface area contributed by atoms with Gasteiger partial charge >= 0.3 is 5.63 Å². The SMILES string of the molecule is C=C1c2ccc(=O)oc2-c2c1ccc(C)c2C. The standard InChI is InChI=1S/C15H12O2/c1-8-4-5-11-10(3)12-6-7-13(16)17-15(12)14(11)9(8)2/h4-7H,3H2,1-2H3. The van der Waals surface area contributed by atoms with Crippen LogP contribution in [0.4, 0.5) is 0 Å². The molecule has 84 valence electrons. The molecule has 0 saturated carbocycles. The van der Waals surface area contributed by atoms with E-state index >= 15 is 0 Å². The third kappa shape index (κ3) is 1.24. The fraction of sp³-hybridized carbons (Fsp3) is 0.133. The molecule has 0 unspecified atom stereocenters. The van der Waals surface area contributed by atoms with E-state index in [-0.39, 0.29) is 5.63 Å². The predicted octanol–water partition coefficient (Wildman–Crippen LogP) is 3.30. The van der Waals surface area contributed by atoms with E-state index in [0.717, 1.165) is 27.8 Å². The molecule has 0 aliphatic heterocycles. The van der Waals surface area contributed by atoms with Crippen LogP contribution in [0.15, 0.2) is 40.1 Å². The van der Waals surface area contributed by atoms with Gasteiger partial charge in [-0.3, -0.25) is 0 Å². The van der Waals surface area contributed by atoms with Crippen LogP contribution in [0.5, 0.6) is 0 Å². The van der Waals surface area contributed by atoms with Gasteiger partial charge in [0.1, 0.15) is 5.76 Å². The normalized spacial score (nSPS) is 12.5. The summed E-state index contributed by atoms with van der Waals surface area (Å²) < 4.78 is 5.34. The maximum atomic E-state index is 11.3. The Labute approximate surface area is 99.2 Å². The average Bonchev–Trinajstić information content (AvgIpc) is 2.58. The molecule has 17 heavy (non-hydrogen) atoms. The molecular weight excluding hydrogens is 212 g/mol. The molecule has 1 aromatic heterocycles. The van der Waals surface area contributed by atoms with Gasteiger partial charge in [-0.15, -0.1) is 0 Å². The van der Waals surface area contributed by atoms with E-state index in [1.807, 2.05) is 13.0 Å². The summed E-state index contributed by atoms with van der Waals surface area (Å²) in [6.07, 6.45) is 0. The van der Waals surface area contributed by atoms with Crippen molar-refractivity contribution >= 4 is 5.57 Å². The van der Waals surface area contributed by atoms with Crippen LogP contribution in [0.25, 0.3) is 16.9 Å². The van der Waals surface area contributed by atoms with E-state index in [2.05, 4.69) is 19.6 Å². The molecule has 0 saturated heterocycles. The van der Waals surface area contributed by atoms with Gasteiger partial charge in [0, 0.05) is 17.2 Å². The molecule has 0 bridgehead atoms. The quantitative estimate of drug-likeness (QED) is 0.586. The summed E-state index contributed by atoms with van der Waals surface area (Å²) in [6.45, 7) is 8.17. The first-order chi connectivity index (χ1) is 8.09. The third-order valence-electron chi connectivity index (χ3n) is 3.45. The summed E-state index contributed by atoms with van der Waals surface area (Å²) in [6, 6.07) is 7.35. The zero-order valence-corrected chi connectivity index (χ0v) is 9.83. The summed E-state index contributed by atoms with van der Waals surface area (Å²) >= 11 is 0. The molecule has 0 spiro atoms. The minimum atomic E-state index is -0.315.